The summed E-state index contributed by atoms with van der Waals surface area (Å²) in [5.74, 6) is -1.36. The fraction of sp³-hybridized carbons (Fsp3) is 0.526. The zero-order valence-electron chi connectivity index (χ0n) is 14.6. The Morgan fingerprint density at radius 3 is 2.68 bits per heavy atom. The number of thiocarbonyl (C=S) groups is 1. The van der Waals surface area contributed by atoms with Crippen LogP contribution in [0.25, 0.3) is 10.2 Å². The lowest BCUT2D eigenvalue weighted by molar-refractivity contribution is -0.137. The molecule has 136 valence electrons. The highest BCUT2D eigenvalue weighted by Crippen LogP contribution is 2.31. The number of hydrogen-bond acceptors (Lipinski definition) is 5. The average Bonchev–Trinajstić information content (AvgIpc) is 3.02. The minimum atomic E-state index is -0.894. The van der Waals surface area contributed by atoms with E-state index in [1.54, 1.807) is 0 Å². The molecule has 0 fully saturated rings. The summed E-state index contributed by atoms with van der Waals surface area (Å²) in [5, 5.41) is 10.3. The summed E-state index contributed by atoms with van der Waals surface area (Å²) in [6.45, 7) is 2.75. The third kappa shape index (κ3) is 6.36. The Labute approximate surface area is 158 Å². The molecule has 2 aromatic rings. The summed E-state index contributed by atoms with van der Waals surface area (Å²) >= 11 is 6.87. The van der Waals surface area contributed by atoms with Crippen LogP contribution >= 0.6 is 23.6 Å². The molecule has 1 atom stereocenters. The Balaban J connectivity index is 1.92. The second kappa shape index (κ2) is 10.5. The summed E-state index contributed by atoms with van der Waals surface area (Å²) in [5.41, 5.74) is 0.872. The van der Waals surface area contributed by atoms with Crippen molar-refractivity contribution in [1.29, 1.82) is 0 Å². The number of carboxylic acids is 1. The fourth-order valence-corrected chi connectivity index (χ4v) is 4.06. The van der Waals surface area contributed by atoms with Crippen molar-refractivity contribution < 1.29 is 14.6 Å². The predicted molar refractivity (Wildman–Crippen MR) is 107 cm³/mol. The van der Waals surface area contributed by atoms with E-state index in [-0.39, 0.29) is 6.42 Å². The zero-order valence-corrected chi connectivity index (χ0v) is 16.2. The van der Waals surface area contributed by atoms with Crippen molar-refractivity contribution in [3.63, 3.8) is 0 Å². The van der Waals surface area contributed by atoms with Gasteiger partial charge in [-0.2, -0.15) is 0 Å². The van der Waals surface area contributed by atoms with Crippen LogP contribution in [0.15, 0.2) is 24.3 Å². The highest BCUT2D eigenvalue weighted by molar-refractivity contribution is 7.80. The molecule has 0 aliphatic carbocycles. The lowest BCUT2D eigenvalue weighted by Gasteiger charge is -2.15. The second-order valence-corrected chi connectivity index (χ2v) is 7.57. The number of nitrogens with zero attached hydrogens (tertiary/aromatic N) is 1. The van der Waals surface area contributed by atoms with Crippen LogP contribution in [0.4, 0.5) is 0 Å². The van der Waals surface area contributed by atoms with Crippen LogP contribution < -0.4 is 0 Å². The number of aromatic nitrogens is 1. The molecule has 1 N–H and O–H groups in total. The molecule has 0 spiro atoms. The number of carboxylic acid groups (broad SMARTS) is 1. The van der Waals surface area contributed by atoms with E-state index >= 15 is 0 Å². The first-order chi connectivity index (χ1) is 12.1. The molecular formula is C19H25NO3S2. The molecule has 4 nitrogen and oxygen atoms in total. The molecule has 0 amide bonds. The first-order valence-electron chi connectivity index (χ1n) is 8.85. The Kier molecular flexibility index (Phi) is 8.28. The summed E-state index contributed by atoms with van der Waals surface area (Å²) in [4.78, 5) is 15.8. The van der Waals surface area contributed by atoms with E-state index in [2.05, 4.69) is 11.9 Å². The maximum atomic E-state index is 11.2. The van der Waals surface area contributed by atoms with Crippen LogP contribution in [0.2, 0.25) is 0 Å². The first-order valence-corrected chi connectivity index (χ1v) is 10.1. The van der Waals surface area contributed by atoms with Crippen molar-refractivity contribution in [2.24, 2.45) is 0 Å². The monoisotopic (exact) mass is 379 g/mol. The van der Waals surface area contributed by atoms with E-state index in [9.17, 15) is 9.90 Å². The lowest BCUT2D eigenvalue weighted by Crippen LogP contribution is -2.18. The molecule has 1 heterocycles. The van der Waals surface area contributed by atoms with Crippen molar-refractivity contribution in [1.82, 2.24) is 4.98 Å². The van der Waals surface area contributed by atoms with Crippen LogP contribution in [0.5, 0.6) is 0 Å². The number of carbonyl (C=O) groups is 1. The Morgan fingerprint density at radius 1 is 1.24 bits per heavy atom. The minimum absolute atomic E-state index is 0.0881. The number of para-hydroxylation sites is 1. The molecule has 0 saturated carbocycles. The van der Waals surface area contributed by atoms with Crippen molar-refractivity contribution in [3.05, 3.63) is 29.3 Å². The number of unbranched alkanes of at least 4 members (excludes halogenated alkanes) is 5. The predicted octanol–water partition coefficient (Wildman–Crippen LogP) is 5.56. The van der Waals surface area contributed by atoms with Crippen molar-refractivity contribution in [2.75, 3.05) is 6.61 Å². The van der Waals surface area contributed by atoms with Gasteiger partial charge in [0.05, 0.1) is 29.2 Å². The van der Waals surface area contributed by atoms with Crippen molar-refractivity contribution in [2.45, 2.75) is 57.8 Å². The molecule has 25 heavy (non-hydrogen) atoms. The number of fused-ring (bicyclic) bond motifs is 1. The van der Waals surface area contributed by atoms with Crippen LogP contribution in [-0.2, 0) is 9.53 Å². The molecule has 1 aromatic carbocycles. The van der Waals surface area contributed by atoms with Gasteiger partial charge in [0.1, 0.15) is 5.01 Å². The molecule has 0 bridgehead atoms. The first kappa shape index (κ1) is 19.8. The smallest absolute Gasteiger partial charge is 0.304 e. The summed E-state index contributed by atoms with van der Waals surface area (Å²) in [6.07, 6.45) is 6.96. The molecule has 1 unspecified atom stereocenters. The minimum Gasteiger partial charge on any atom is -0.486 e. The summed E-state index contributed by atoms with van der Waals surface area (Å²) in [7, 11) is 0. The molecular weight excluding hydrogens is 354 g/mol. The van der Waals surface area contributed by atoms with Gasteiger partial charge in [-0.05, 0) is 30.8 Å². The standard InChI is InChI=1S/C19H25NO3S2/c1-2-3-4-5-6-9-12-23-19(24)14(13-17(21)22)18-20-15-10-7-8-11-16(15)25-18/h7-8,10-11,14H,2-6,9,12-13H2,1H3,(H,21,22). The maximum absolute atomic E-state index is 11.2. The molecule has 1 aromatic heterocycles. The fourth-order valence-electron chi connectivity index (χ4n) is 2.64. The van der Waals surface area contributed by atoms with Gasteiger partial charge in [-0.1, -0.05) is 51.2 Å². The van der Waals surface area contributed by atoms with Gasteiger partial charge in [0, 0.05) is 0 Å². The highest BCUT2D eigenvalue weighted by atomic mass is 32.1. The number of rotatable bonds is 11. The normalized spacial score (nSPS) is 12.2. The van der Waals surface area contributed by atoms with Gasteiger partial charge < -0.3 is 9.84 Å². The van der Waals surface area contributed by atoms with E-state index in [4.69, 9.17) is 17.0 Å². The third-order valence-corrected chi connectivity index (χ3v) is 5.57. The van der Waals surface area contributed by atoms with Crippen molar-refractivity contribution in [3.8, 4) is 0 Å². The Morgan fingerprint density at radius 2 is 1.96 bits per heavy atom. The lowest BCUT2D eigenvalue weighted by atomic mass is 10.1. The van der Waals surface area contributed by atoms with Crippen LogP contribution in [0.3, 0.4) is 0 Å². The molecule has 2 rings (SSSR count). The highest BCUT2D eigenvalue weighted by Gasteiger charge is 2.25. The van der Waals surface area contributed by atoms with Crippen LogP contribution in [0.1, 0.15) is 62.8 Å². The maximum Gasteiger partial charge on any atom is 0.304 e. The quantitative estimate of drug-likeness (QED) is 0.409. The number of hydrogen-bond donors (Lipinski definition) is 1. The number of aliphatic carboxylic acids is 1. The largest absolute Gasteiger partial charge is 0.486 e. The molecule has 0 aliphatic heterocycles. The van der Waals surface area contributed by atoms with Gasteiger partial charge in [0.15, 0.2) is 5.05 Å². The Hall–Kier alpha value is -1.53. The van der Waals surface area contributed by atoms with Crippen LogP contribution in [-0.4, -0.2) is 27.7 Å². The van der Waals surface area contributed by atoms with E-state index in [0.29, 0.717) is 11.7 Å². The summed E-state index contributed by atoms with van der Waals surface area (Å²) in [6, 6.07) is 7.77. The molecule has 0 radical (unpaired) electrons. The van der Waals surface area contributed by atoms with Gasteiger partial charge in [0.25, 0.3) is 0 Å². The van der Waals surface area contributed by atoms with Crippen LogP contribution in [0, 0.1) is 0 Å². The molecule has 0 saturated heterocycles. The molecule has 6 heteroatoms. The average molecular weight is 380 g/mol. The number of ether oxygens (including phenoxy) is 1. The Bertz CT molecular complexity index is 666. The SMILES string of the molecule is CCCCCCCCOC(=S)C(CC(=O)O)c1nc2ccccc2s1. The van der Waals surface area contributed by atoms with Gasteiger partial charge in [-0.25, -0.2) is 4.98 Å². The molecule has 0 aliphatic rings. The van der Waals surface area contributed by atoms with E-state index in [1.165, 1.54) is 37.0 Å². The zero-order chi connectivity index (χ0) is 18.1. The summed E-state index contributed by atoms with van der Waals surface area (Å²) < 4.78 is 6.73. The number of benzene rings is 1. The van der Waals surface area contributed by atoms with Gasteiger partial charge in [0.2, 0.25) is 0 Å². The number of thiazole rings is 1. The van der Waals surface area contributed by atoms with Crippen molar-refractivity contribution >= 4 is 44.8 Å². The van der Waals surface area contributed by atoms with E-state index in [0.717, 1.165) is 28.1 Å². The van der Waals surface area contributed by atoms with Gasteiger partial charge >= 0.3 is 5.97 Å². The van der Waals surface area contributed by atoms with E-state index < -0.39 is 11.9 Å². The van der Waals surface area contributed by atoms with Gasteiger partial charge in [-0.3, -0.25) is 4.79 Å². The van der Waals surface area contributed by atoms with E-state index in [1.807, 2.05) is 24.3 Å². The third-order valence-electron chi connectivity index (χ3n) is 4.01. The van der Waals surface area contributed by atoms with Gasteiger partial charge in [-0.15, -0.1) is 11.3 Å². The topological polar surface area (TPSA) is 59.4 Å². The second-order valence-electron chi connectivity index (χ2n) is 6.11.